The summed E-state index contributed by atoms with van der Waals surface area (Å²) in [4.78, 5) is 0. The van der Waals surface area contributed by atoms with E-state index in [0.29, 0.717) is 43.1 Å². The van der Waals surface area contributed by atoms with Crippen molar-refractivity contribution in [3.8, 4) is 0 Å². The minimum absolute atomic E-state index is 0.0316. The molecule has 26 unspecified atom stereocenters. The van der Waals surface area contributed by atoms with Gasteiger partial charge in [-0.25, -0.2) is 0 Å². The van der Waals surface area contributed by atoms with Crippen molar-refractivity contribution < 1.29 is 83.9 Å². The molecular formula is C45H72O17. The van der Waals surface area contributed by atoms with E-state index in [0.717, 1.165) is 44.9 Å². The zero-order valence-electron chi connectivity index (χ0n) is 36.6. The van der Waals surface area contributed by atoms with Crippen LogP contribution in [0.15, 0.2) is 11.6 Å². The van der Waals surface area contributed by atoms with Crippen molar-refractivity contribution in [2.45, 2.75) is 203 Å². The second kappa shape index (κ2) is 17.3. The molecule has 9 aliphatic rings. The van der Waals surface area contributed by atoms with Crippen LogP contribution in [-0.2, 0) is 37.9 Å². The molecule has 0 radical (unpaired) electrons. The highest BCUT2D eigenvalue weighted by molar-refractivity contribution is 5.26. The molecule has 0 aromatic heterocycles. The standard InChI is InChI=1S/C45H72O17/c1-19-8-13-45(55-18-19)27(16-46)30-28(62-45)15-26-24-7-6-22-14-23(9-11-43(22,4)25(24)10-12-44(26,30)5)58-42-39(61-41-36(53)34(51)32(49)21(3)57-41)37(54)38(29(17-47)59-42)60-40-35(52)33(50)31(48)20(2)56-40/h6,19-21,23-42,46-54H,7-18H2,1-5H3. The Labute approximate surface area is 363 Å². The van der Waals surface area contributed by atoms with Gasteiger partial charge in [-0.05, 0) is 99.7 Å². The topological polar surface area (TPSA) is 256 Å². The fourth-order valence-electron chi connectivity index (χ4n) is 14.0. The van der Waals surface area contributed by atoms with Crippen LogP contribution in [0.2, 0.25) is 0 Å². The van der Waals surface area contributed by atoms with E-state index < -0.39 is 105 Å². The van der Waals surface area contributed by atoms with Crippen LogP contribution < -0.4 is 0 Å². The summed E-state index contributed by atoms with van der Waals surface area (Å²) in [6.07, 6.45) is -11.5. The molecule has 1 spiro atoms. The Balaban J connectivity index is 0.919. The number of hydrogen-bond acceptors (Lipinski definition) is 17. The molecule has 0 bridgehead atoms. The van der Waals surface area contributed by atoms with Crippen LogP contribution in [-0.4, -0.2) is 176 Å². The van der Waals surface area contributed by atoms with E-state index in [2.05, 4.69) is 26.8 Å². The molecule has 62 heavy (non-hydrogen) atoms. The molecule has 17 heteroatoms. The first-order valence-electron chi connectivity index (χ1n) is 23.4. The number of fused-ring (bicyclic) bond motifs is 7. The lowest BCUT2D eigenvalue weighted by molar-refractivity contribution is -0.388. The van der Waals surface area contributed by atoms with E-state index in [1.807, 2.05) is 0 Å². The number of aliphatic hydroxyl groups excluding tert-OH is 9. The monoisotopic (exact) mass is 884 g/mol. The average Bonchev–Trinajstić information content (AvgIpc) is 3.72. The Morgan fingerprint density at radius 2 is 1.34 bits per heavy atom. The highest BCUT2D eigenvalue weighted by Crippen LogP contribution is 2.70. The molecular weight excluding hydrogens is 812 g/mol. The Kier molecular flexibility index (Phi) is 12.9. The SMILES string of the molecule is CC1CCC2(OC1)OC1CC3C4CC=C5CC(OC6OC(CO)C(OC7OC(C)C(O)C(O)C7O)C(O)C6OC6OC(C)C(O)C(O)C6O)CCC5(C)C4CCC3(C)C1C2CO. The third kappa shape index (κ3) is 7.49. The summed E-state index contributed by atoms with van der Waals surface area (Å²) in [6, 6.07) is 0. The fraction of sp³-hybridized carbons (Fsp3) is 0.956. The maximum absolute atomic E-state index is 12.0. The molecule has 0 aromatic rings. The van der Waals surface area contributed by atoms with E-state index in [1.54, 1.807) is 0 Å². The van der Waals surface area contributed by atoms with Crippen LogP contribution >= 0.6 is 0 Å². The first-order chi connectivity index (χ1) is 29.4. The second-order valence-corrected chi connectivity index (χ2v) is 21.1. The minimum atomic E-state index is -1.72. The molecule has 5 saturated heterocycles. The van der Waals surface area contributed by atoms with Crippen molar-refractivity contribution in [1.82, 2.24) is 0 Å². The molecule has 0 amide bonds. The van der Waals surface area contributed by atoms with Crippen molar-refractivity contribution in [2.24, 2.45) is 46.3 Å². The number of aliphatic hydroxyl groups is 9. The first-order valence-corrected chi connectivity index (χ1v) is 23.4. The molecule has 0 aromatic carbocycles. The van der Waals surface area contributed by atoms with E-state index in [4.69, 9.17) is 37.9 Å². The molecule has 9 rings (SSSR count). The molecule has 3 saturated carbocycles. The quantitative estimate of drug-likeness (QED) is 0.148. The number of hydrogen-bond donors (Lipinski definition) is 9. The zero-order chi connectivity index (χ0) is 44.2. The molecule has 5 aliphatic heterocycles. The average molecular weight is 885 g/mol. The Morgan fingerprint density at radius 3 is 1.95 bits per heavy atom. The Morgan fingerprint density at radius 1 is 0.677 bits per heavy atom. The molecule has 5 heterocycles. The molecule has 17 nitrogen and oxygen atoms in total. The zero-order valence-corrected chi connectivity index (χ0v) is 36.6. The third-order valence-electron chi connectivity index (χ3n) is 17.6. The largest absolute Gasteiger partial charge is 0.396 e. The summed E-state index contributed by atoms with van der Waals surface area (Å²) < 4.78 is 50.0. The predicted octanol–water partition coefficient (Wildman–Crippen LogP) is 0.214. The van der Waals surface area contributed by atoms with Crippen LogP contribution in [0, 0.1) is 46.3 Å². The van der Waals surface area contributed by atoms with Crippen LogP contribution in [0.4, 0.5) is 0 Å². The molecule has 8 fully saturated rings. The van der Waals surface area contributed by atoms with Crippen molar-refractivity contribution >= 4 is 0 Å². The van der Waals surface area contributed by atoms with Crippen molar-refractivity contribution in [3.05, 3.63) is 11.6 Å². The van der Waals surface area contributed by atoms with Crippen LogP contribution in [0.3, 0.4) is 0 Å². The van der Waals surface area contributed by atoms with E-state index in [9.17, 15) is 46.0 Å². The van der Waals surface area contributed by atoms with E-state index in [1.165, 1.54) is 19.4 Å². The van der Waals surface area contributed by atoms with Gasteiger partial charge in [0.15, 0.2) is 24.7 Å². The fourth-order valence-corrected chi connectivity index (χ4v) is 14.0. The summed E-state index contributed by atoms with van der Waals surface area (Å²) >= 11 is 0. The highest BCUT2D eigenvalue weighted by Gasteiger charge is 2.70. The van der Waals surface area contributed by atoms with Crippen LogP contribution in [0.1, 0.15) is 92.4 Å². The third-order valence-corrected chi connectivity index (χ3v) is 17.6. The first kappa shape index (κ1) is 46.2. The van der Waals surface area contributed by atoms with Gasteiger partial charge in [-0.3, -0.25) is 0 Å². The number of rotatable bonds is 8. The van der Waals surface area contributed by atoms with Gasteiger partial charge in [-0.15, -0.1) is 0 Å². The van der Waals surface area contributed by atoms with Gasteiger partial charge in [0, 0.05) is 18.3 Å². The van der Waals surface area contributed by atoms with E-state index >= 15 is 0 Å². The molecule has 354 valence electrons. The van der Waals surface area contributed by atoms with Gasteiger partial charge in [0.1, 0.15) is 61.0 Å². The number of ether oxygens (including phenoxy) is 8. The Bertz CT molecular complexity index is 1610. The molecule has 26 atom stereocenters. The predicted molar refractivity (Wildman–Crippen MR) is 214 cm³/mol. The maximum Gasteiger partial charge on any atom is 0.187 e. The normalized spacial score (nSPS) is 57.6. The van der Waals surface area contributed by atoms with Crippen molar-refractivity contribution in [2.75, 3.05) is 19.8 Å². The van der Waals surface area contributed by atoms with Crippen LogP contribution in [0.5, 0.6) is 0 Å². The summed E-state index contributed by atoms with van der Waals surface area (Å²) in [6.45, 7) is 10.1. The van der Waals surface area contributed by atoms with E-state index in [-0.39, 0.29) is 41.5 Å². The van der Waals surface area contributed by atoms with Crippen molar-refractivity contribution in [1.29, 1.82) is 0 Å². The van der Waals surface area contributed by atoms with Gasteiger partial charge >= 0.3 is 0 Å². The number of allylic oxidation sites excluding steroid dienone is 1. The molecule has 4 aliphatic carbocycles. The van der Waals surface area contributed by atoms with Crippen molar-refractivity contribution in [3.63, 3.8) is 0 Å². The van der Waals surface area contributed by atoms with Crippen LogP contribution in [0.25, 0.3) is 0 Å². The second-order valence-electron chi connectivity index (χ2n) is 21.1. The van der Waals surface area contributed by atoms with Gasteiger partial charge in [0.2, 0.25) is 0 Å². The summed E-state index contributed by atoms with van der Waals surface area (Å²) in [5.74, 6) is 1.43. The summed E-state index contributed by atoms with van der Waals surface area (Å²) in [7, 11) is 0. The Hall–Kier alpha value is -0.940. The van der Waals surface area contributed by atoms with Gasteiger partial charge in [0.05, 0.1) is 44.2 Å². The maximum atomic E-state index is 12.0. The van der Waals surface area contributed by atoms with Gasteiger partial charge < -0.3 is 83.9 Å². The molecule has 9 N–H and O–H groups in total. The minimum Gasteiger partial charge on any atom is -0.396 e. The van der Waals surface area contributed by atoms with Gasteiger partial charge in [0.25, 0.3) is 0 Å². The lowest BCUT2D eigenvalue weighted by Gasteiger charge is -2.59. The lowest BCUT2D eigenvalue weighted by Crippen LogP contribution is -2.66. The smallest absolute Gasteiger partial charge is 0.187 e. The van der Waals surface area contributed by atoms with Gasteiger partial charge in [-0.2, -0.15) is 0 Å². The van der Waals surface area contributed by atoms with Gasteiger partial charge in [-0.1, -0.05) is 32.4 Å². The summed E-state index contributed by atoms with van der Waals surface area (Å²) in [5.41, 5.74) is 1.29. The highest BCUT2D eigenvalue weighted by atomic mass is 16.8. The summed E-state index contributed by atoms with van der Waals surface area (Å²) in [5, 5.41) is 96.8. The lowest BCUT2D eigenvalue weighted by atomic mass is 9.47.